The molecule has 0 amide bonds. The third-order valence-electron chi connectivity index (χ3n) is 3.31. The Balaban J connectivity index is 2.35. The van der Waals surface area contributed by atoms with Crippen molar-refractivity contribution in [2.75, 3.05) is 0 Å². The zero-order valence-electron chi connectivity index (χ0n) is 10.9. The number of benzene rings is 1. The van der Waals surface area contributed by atoms with Gasteiger partial charge in [0, 0.05) is 6.54 Å². The van der Waals surface area contributed by atoms with Gasteiger partial charge in [0.1, 0.15) is 5.37 Å². The number of aliphatic carboxylic acids is 1. The summed E-state index contributed by atoms with van der Waals surface area (Å²) >= 11 is 0. The van der Waals surface area contributed by atoms with Crippen molar-refractivity contribution in [1.82, 2.24) is 5.32 Å². The molecule has 0 aliphatic carbocycles. The second-order valence-electron chi connectivity index (χ2n) is 5.00. The predicted octanol–water partition coefficient (Wildman–Crippen LogP) is 1.24. The topological polar surface area (TPSA) is 83.5 Å². The van der Waals surface area contributed by atoms with Crippen molar-refractivity contribution in [3.05, 3.63) is 34.9 Å². The molecule has 104 valence electrons. The predicted molar refractivity (Wildman–Crippen MR) is 71.4 cm³/mol. The van der Waals surface area contributed by atoms with Crippen molar-refractivity contribution in [3.63, 3.8) is 0 Å². The SMILES string of the molecule is CC(C)S(=O)(=O)C1NCc2cc(CC(=O)O)ccc21. The van der Waals surface area contributed by atoms with E-state index >= 15 is 0 Å². The summed E-state index contributed by atoms with van der Waals surface area (Å²) in [7, 11) is -3.25. The number of rotatable bonds is 4. The van der Waals surface area contributed by atoms with E-state index in [-0.39, 0.29) is 6.42 Å². The van der Waals surface area contributed by atoms with Crippen LogP contribution in [0.2, 0.25) is 0 Å². The molecule has 0 spiro atoms. The van der Waals surface area contributed by atoms with E-state index in [4.69, 9.17) is 5.11 Å². The van der Waals surface area contributed by atoms with Crippen LogP contribution in [-0.2, 0) is 27.6 Å². The Labute approximate surface area is 112 Å². The summed E-state index contributed by atoms with van der Waals surface area (Å²) in [6.07, 6.45) is -0.0467. The first-order chi connectivity index (χ1) is 8.82. The maximum absolute atomic E-state index is 12.2. The van der Waals surface area contributed by atoms with Gasteiger partial charge in [-0.25, -0.2) is 8.42 Å². The quantitative estimate of drug-likeness (QED) is 0.868. The molecule has 2 rings (SSSR count). The van der Waals surface area contributed by atoms with Gasteiger partial charge in [-0.2, -0.15) is 0 Å². The molecule has 2 N–H and O–H groups in total. The van der Waals surface area contributed by atoms with Gasteiger partial charge in [-0.05, 0) is 30.5 Å². The van der Waals surface area contributed by atoms with Crippen LogP contribution in [0.25, 0.3) is 0 Å². The minimum atomic E-state index is -3.25. The Kier molecular flexibility index (Phi) is 3.64. The molecular weight excluding hydrogens is 266 g/mol. The lowest BCUT2D eigenvalue weighted by atomic mass is 10.0. The number of hydrogen-bond donors (Lipinski definition) is 2. The zero-order chi connectivity index (χ0) is 14.2. The minimum absolute atomic E-state index is 0.0467. The molecule has 0 saturated heterocycles. The monoisotopic (exact) mass is 283 g/mol. The molecule has 1 unspecified atom stereocenters. The van der Waals surface area contributed by atoms with Crippen molar-refractivity contribution in [1.29, 1.82) is 0 Å². The molecule has 0 radical (unpaired) electrons. The van der Waals surface area contributed by atoms with Crippen LogP contribution in [0.3, 0.4) is 0 Å². The van der Waals surface area contributed by atoms with E-state index in [0.29, 0.717) is 12.1 Å². The fourth-order valence-corrected chi connectivity index (χ4v) is 3.67. The molecule has 0 saturated carbocycles. The highest BCUT2D eigenvalue weighted by Gasteiger charge is 2.35. The molecule has 0 bridgehead atoms. The summed E-state index contributed by atoms with van der Waals surface area (Å²) in [6.45, 7) is 3.78. The van der Waals surface area contributed by atoms with E-state index in [1.54, 1.807) is 32.0 Å². The van der Waals surface area contributed by atoms with Crippen molar-refractivity contribution in [3.8, 4) is 0 Å². The van der Waals surface area contributed by atoms with E-state index in [0.717, 1.165) is 11.1 Å². The van der Waals surface area contributed by atoms with Crippen LogP contribution >= 0.6 is 0 Å². The molecule has 1 aliphatic rings. The van der Waals surface area contributed by atoms with Gasteiger partial charge in [0.15, 0.2) is 9.84 Å². The lowest BCUT2D eigenvalue weighted by molar-refractivity contribution is -0.136. The molecule has 1 aliphatic heterocycles. The lowest BCUT2D eigenvalue weighted by Crippen LogP contribution is -2.28. The van der Waals surface area contributed by atoms with E-state index in [9.17, 15) is 13.2 Å². The van der Waals surface area contributed by atoms with E-state index < -0.39 is 26.4 Å². The van der Waals surface area contributed by atoms with E-state index in [1.807, 2.05) is 0 Å². The van der Waals surface area contributed by atoms with Crippen molar-refractivity contribution in [2.24, 2.45) is 0 Å². The molecular formula is C13H17NO4S. The number of nitrogens with one attached hydrogen (secondary N) is 1. The first-order valence-electron chi connectivity index (χ1n) is 6.12. The molecule has 1 aromatic carbocycles. The Bertz CT molecular complexity index is 607. The van der Waals surface area contributed by atoms with Crippen LogP contribution in [0, 0.1) is 0 Å². The van der Waals surface area contributed by atoms with Crippen LogP contribution in [0.1, 0.15) is 35.9 Å². The highest BCUT2D eigenvalue weighted by molar-refractivity contribution is 7.92. The van der Waals surface area contributed by atoms with Crippen LogP contribution in [-0.4, -0.2) is 24.7 Å². The Morgan fingerprint density at radius 3 is 2.74 bits per heavy atom. The number of carbonyl (C=O) groups is 1. The fourth-order valence-electron chi connectivity index (χ4n) is 2.23. The summed E-state index contributed by atoms with van der Waals surface area (Å²) in [5, 5.41) is 10.6. The average molecular weight is 283 g/mol. The van der Waals surface area contributed by atoms with Gasteiger partial charge in [-0.15, -0.1) is 0 Å². The van der Waals surface area contributed by atoms with Crippen molar-refractivity contribution < 1.29 is 18.3 Å². The smallest absolute Gasteiger partial charge is 0.307 e. The third kappa shape index (κ3) is 2.64. The Morgan fingerprint density at radius 2 is 2.16 bits per heavy atom. The summed E-state index contributed by atoms with van der Waals surface area (Å²) in [4.78, 5) is 10.7. The second kappa shape index (κ2) is 4.94. The number of hydrogen-bond acceptors (Lipinski definition) is 4. The lowest BCUT2D eigenvalue weighted by Gasteiger charge is -2.16. The number of carboxylic acid groups (broad SMARTS) is 1. The molecule has 19 heavy (non-hydrogen) atoms. The summed E-state index contributed by atoms with van der Waals surface area (Å²) < 4.78 is 24.4. The maximum Gasteiger partial charge on any atom is 0.307 e. The summed E-state index contributed by atoms with van der Waals surface area (Å²) in [6, 6.07) is 5.17. The number of sulfone groups is 1. The van der Waals surface area contributed by atoms with Gasteiger partial charge in [0.05, 0.1) is 11.7 Å². The molecule has 0 aromatic heterocycles. The second-order valence-corrected chi connectivity index (χ2v) is 7.59. The molecule has 5 nitrogen and oxygen atoms in total. The molecule has 1 heterocycles. The standard InChI is InChI=1S/C13H17NO4S/c1-8(2)19(17,18)13-11-4-3-9(6-12(15)16)5-10(11)7-14-13/h3-5,8,13-14H,6-7H2,1-2H3,(H,15,16). The van der Waals surface area contributed by atoms with Crippen molar-refractivity contribution >= 4 is 15.8 Å². The van der Waals surface area contributed by atoms with Gasteiger partial charge in [0.2, 0.25) is 0 Å². The van der Waals surface area contributed by atoms with Gasteiger partial charge in [0.25, 0.3) is 0 Å². The van der Waals surface area contributed by atoms with E-state index in [1.165, 1.54) is 0 Å². The van der Waals surface area contributed by atoms with Gasteiger partial charge in [-0.1, -0.05) is 18.2 Å². The van der Waals surface area contributed by atoms with Gasteiger partial charge in [-0.3, -0.25) is 10.1 Å². The van der Waals surface area contributed by atoms with E-state index in [2.05, 4.69) is 5.32 Å². The van der Waals surface area contributed by atoms with Crippen LogP contribution in [0.15, 0.2) is 18.2 Å². The highest BCUT2D eigenvalue weighted by Crippen LogP contribution is 2.32. The van der Waals surface area contributed by atoms with Crippen molar-refractivity contribution in [2.45, 2.75) is 37.4 Å². The first kappa shape index (κ1) is 14.0. The van der Waals surface area contributed by atoms with Crippen LogP contribution in [0.5, 0.6) is 0 Å². The largest absolute Gasteiger partial charge is 0.481 e. The summed E-state index contributed by atoms with van der Waals surface area (Å²) in [5.74, 6) is -0.891. The number of fused-ring (bicyclic) bond motifs is 1. The molecule has 1 atom stereocenters. The highest BCUT2D eigenvalue weighted by atomic mass is 32.2. The maximum atomic E-state index is 12.2. The molecule has 0 fully saturated rings. The average Bonchev–Trinajstić information content (AvgIpc) is 2.71. The Morgan fingerprint density at radius 1 is 1.47 bits per heavy atom. The molecule has 1 aromatic rings. The molecule has 6 heteroatoms. The first-order valence-corrected chi connectivity index (χ1v) is 7.73. The normalized spacial score (nSPS) is 18.6. The Hall–Kier alpha value is -1.40. The third-order valence-corrected chi connectivity index (χ3v) is 5.70. The number of carboxylic acids is 1. The zero-order valence-corrected chi connectivity index (χ0v) is 11.7. The van der Waals surface area contributed by atoms with Gasteiger partial charge < -0.3 is 5.11 Å². The fraction of sp³-hybridized carbons (Fsp3) is 0.462. The van der Waals surface area contributed by atoms with Gasteiger partial charge >= 0.3 is 5.97 Å². The van der Waals surface area contributed by atoms with Crippen LogP contribution in [0.4, 0.5) is 0 Å². The minimum Gasteiger partial charge on any atom is -0.481 e. The van der Waals surface area contributed by atoms with Crippen LogP contribution < -0.4 is 5.32 Å². The summed E-state index contributed by atoms with van der Waals surface area (Å²) in [5.41, 5.74) is 2.30.